The van der Waals surface area contributed by atoms with Crippen molar-refractivity contribution in [2.75, 3.05) is 67.0 Å². The van der Waals surface area contributed by atoms with Crippen molar-refractivity contribution in [3.8, 4) is 5.75 Å². The van der Waals surface area contributed by atoms with Crippen molar-refractivity contribution in [1.82, 2.24) is 92.5 Å². The summed E-state index contributed by atoms with van der Waals surface area (Å²) in [6.07, 6.45) is -1.22. The van der Waals surface area contributed by atoms with Gasteiger partial charge >= 0.3 is 11.9 Å². The molecule has 0 saturated carbocycles. The predicted molar refractivity (Wildman–Crippen MR) is 488 cm³/mol. The fraction of sp³-hybridized carbons (Fsp3) is 0.544. The number of likely N-dealkylation sites (N-methyl/N-ethyl adjacent to an activating group) is 3. The highest BCUT2D eigenvalue weighted by Crippen LogP contribution is 2.29. The second-order valence-electron chi connectivity index (χ2n) is 34.7. The number of carbonyl (C=O) groups excluding carboxylic acids is 17. The van der Waals surface area contributed by atoms with Crippen molar-refractivity contribution in [1.29, 1.82) is 0 Å². The van der Waals surface area contributed by atoms with Gasteiger partial charge in [0, 0.05) is 114 Å². The Morgan fingerprint density at radius 3 is 1.75 bits per heavy atom. The van der Waals surface area contributed by atoms with Crippen LogP contribution in [0.1, 0.15) is 141 Å². The monoisotopic (exact) mass is 1880 g/mol. The number of amides is 17. The van der Waals surface area contributed by atoms with Gasteiger partial charge in [-0.25, -0.2) is 0 Å². The van der Waals surface area contributed by atoms with E-state index in [-0.39, 0.29) is 76.1 Å². The maximum absolute atomic E-state index is 15.9. The number of aliphatic hydroxyl groups excluding tert-OH is 1. The van der Waals surface area contributed by atoms with Gasteiger partial charge in [0.25, 0.3) is 0 Å². The number of para-hydroxylation sites is 2. The molecule has 736 valence electrons. The summed E-state index contributed by atoms with van der Waals surface area (Å²) in [4.78, 5) is 282. The van der Waals surface area contributed by atoms with E-state index >= 15 is 33.6 Å². The molecular formula is C90H128N22O23. The second-order valence-corrected chi connectivity index (χ2v) is 34.7. The average Bonchev–Trinajstić information content (AvgIpc) is 1.55. The van der Waals surface area contributed by atoms with Crippen LogP contribution in [0.3, 0.4) is 0 Å². The van der Waals surface area contributed by atoms with Crippen LogP contribution in [0.5, 0.6) is 5.75 Å². The molecule has 0 radical (unpaired) electrons. The van der Waals surface area contributed by atoms with Gasteiger partial charge in [-0.05, 0) is 105 Å². The molecule has 0 spiro atoms. The molecule has 3 fully saturated rings. The molecule has 0 aliphatic carbocycles. The summed E-state index contributed by atoms with van der Waals surface area (Å²) in [5.74, 6) is -20.2. The lowest BCUT2D eigenvalue weighted by Gasteiger charge is -2.36. The van der Waals surface area contributed by atoms with Gasteiger partial charge in [-0.3, -0.25) is 91.1 Å². The maximum Gasteiger partial charge on any atom is 0.323 e. The molecule has 3 aliphatic heterocycles. The lowest BCUT2D eigenvalue weighted by atomic mass is 9.99. The summed E-state index contributed by atoms with van der Waals surface area (Å²) in [5.41, 5.74) is 25.6. The number of phenols is 1. The summed E-state index contributed by atoms with van der Waals surface area (Å²) < 4.78 is 1.42. The molecule has 45 nitrogen and oxygen atoms in total. The third-order valence-electron chi connectivity index (χ3n) is 24.1. The first kappa shape index (κ1) is 107. The number of H-pyrrole nitrogens is 1. The van der Waals surface area contributed by atoms with Crippen molar-refractivity contribution < 1.29 is 112 Å². The fourth-order valence-corrected chi connectivity index (χ4v) is 16.7. The van der Waals surface area contributed by atoms with E-state index in [1.54, 1.807) is 68.6 Å². The van der Waals surface area contributed by atoms with Crippen molar-refractivity contribution >= 4 is 134 Å². The number of aromatic amines is 1. The predicted octanol–water partition coefficient (Wildman–Crippen LogP) is -4.56. The Labute approximate surface area is 779 Å². The summed E-state index contributed by atoms with van der Waals surface area (Å²) in [7, 11) is 3.83. The number of hydrogen-bond donors (Lipinski definition) is 20. The summed E-state index contributed by atoms with van der Waals surface area (Å²) in [5, 5.41) is 71.3. The maximum atomic E-state index is 15.9. The molecule has 45 heteroatoms. The standard InChI is InChI=1S/C90H128N22O23/c1-9-11-21-68-83(128)101-60(34-48(3)4)80(125)106-66(78(123)97-43-73(94)116)42-95-44-74(117)98-62(35-50-25-27-53(113)28-26-50)86(131)107(6)49(5)77(122)103-64(39-72(93)115)89(134)111-33-17-24-69(111)84(129)105-65(40-92)82(127)100-59(29-30-75(118)119)88(133)112-46-54(114)38-71(112)85(130)102-61(36-51-41-96-57-20-15-13-18-55(51)57)81(126)99-58(31-32-91)79(124)104-63(87(132)109(8)70(22-12-10-2)90(135)108(68)7)37-52-45-110(47-76(120)121)67-23-16-14-19-56(52)67/h13-16,18-20,23,25-28,41,45,48-49,54,58-66,68-71,95-96,113-114H,9-12,17,21-22,24,29-40,42-44,46-47,91-92H2,1-8H3,(H2,93,115)(H2,94,116)(H,97,123)(H,98,117)(H,99,126)(H,100,127)(H,101,128)(H,102,130)(H,103,122)(H,104,124)(H,105,129)(H,106,125)(H,118,119)(H,120,121)/t49-,54+,58-,59-,60?,61-,62-,63-,64-,65-,66-,68-,69-,70-,71-/m0/s1. The van der Waals surface area contributed by atoms with Crippen LogP contribution >= 0.6 is 0 Å². The lowest BCUT2D eigenvalue weighted by Crippen LogP contribution is -2.62. The number of primary amides is 2. The molecule has 8 rings (SSSR count). The first-order valence-corrected chi connectivity index (χ1v) is 45.2. The zero-order valence-corrected chi connectivity index (χ0v) is 77.0. The molecule has 135 heavy (non-hydrogen) atoms. The molecule has 24 N–H and O–H groups in total. The molecule has 1 unspecified atom stereocenters. The summed E-state index contributed by atoms with van der Waals surface area (Å²) >= 11 is 0. The summed E-state index contributed by atoms with van der Waals surface area (Å²) in [6, 6.07) is -3.70. The lowest BCUT2D eigenvalue weighted by molar-refractivity contribution is -0.149. The minimum absolute atomic E-state index is 0.0203. The number of hydrogen-bond acceptors (Lipinski definition) is 24. The molecule has 5 heterocycles. The third-order valence-corrected chi connectivity index (χ3v) is 24.1. The number of nitrogens with two attached hydrogens (primary N) is 4. The van der Waals surface area contributed by atoms with Crippen LogP contribution in [0.2, 0.25) is 0 Å². The van der Waals surface area contributed by atoms with Gasteiger partial charge in [0.1, 0.15) is 96.9 Å². The first-order valence-electron chi connectivity index (χ1n) is 45.2. The number of aliphatic hydroxyl groups is 1. The number of nitrogens with one attached hydrogen (secondary N) is 12. The molecule has 5 aromatic rings. The van der Waals surface area contributed by atoms with Gasteiger partial charge < -0.3 is 136 Å². The van der Waals surface area contributed by atoms with Gasteiger partial charge in [0.05, 0.1) is 25.6 Å². The molecular weight excluding hydrogens is 1760 g/mol. The highest BCUT2D eigenvalue weighted by Gasteiger charge is 2.47. The average molecular weight is 1890 g/mol. The number of fused-ring (bicyclic) bond motifs is 4. The SMILES string of the molecule is CCCC[C@H]1C(=O)N(C)[C@@H](CCCC)C(=O)NC(CC(C)C)C(=O)N[C@H](C(=O)NCC(N)=O)CNCC(=O)N[C@@H](Cc2ccc(O)cc2)C(=O)N(C)[C@@H](C)C(=O)N[C@@H](CC(N)=O)C(=O)N2CCC[C@H]2C(=O)N[C@@H](CN)C(=O)N[C@@H](CCC(=O)O)C(=O)N2C[C@H](O)C[C@H]2C(=O)N[C@@H](Cc2c[nH]c3ccccc23)C(=O)N[C@@H](CCN)C(=O)N[C@@H](Cc2cn(CC(=O)O)c3ccccc23)C(=O)N1C. The number of aromatic hydroxyl groups is 1. The van der Waals surface area contributed by atoms with Crippen LogP contribution in [0.15, 0.2) is 85.2 Å². The number of aromatic nitrogens is 2. The normalized spacial score (nSPS) is 24.8. The number of unbranched alkanes of at least 4 members (excludes halogenated alkanes) is 2. The number of phenolic OH excluding ortho intramolecular Hbond substituents is 1. The van der Waals surface area contributed by atoms with Gasteiger partial charge in [-0.15, -0.1) is 0 Å². The van der Waals surface area contributed by atoms with Crippen molar-refractivity contribution in [2.45, 2.75) is 241 Å². The van der Waals surface area contributed by atoms with Crippen LogP contribution < -0.4 is 81.4 Å². The highest BCUT2D eigenvalue weighted by atomic mass is 16.4. The molecule has 3 aromatic carbocycles. The molecule has 2 aromatic heterocycles. The van der Waals surface area contributed by atoms with Crippen LogP contribution in [-0.4, -0.2) is 324 Å². The van der Waals surface area contributed by atoms with Crippen molar-refractivity contribution in [2.24, 2.45) is 28.9 Å². The van der Waals surface area contributed by atoms with Crippen molar-refractivity contribution in [3.05, 3.63) is 102 Å². The van der Waals surface area contributed by atoms with Gasteiger partial charge in [-0.2, -0.15) is 0 Å². The van der Waals surface area contributed by atoms with E-state index in [0.29, 0.717) is 64.2 Å². The topological polar surface area (TPSA) is 679 Å². The van der Waals surface area contributed by atoms with Crippen molar-refractivity contribution in [3.63, 3.8) is 0 Å². The fourth-order valence-electron chi connectivity index (χ4n) is 16.7. The Balaban J connectivity index is 1.21. The van der Waals surface area contributed by atoms with E-state index in [4.69, 9.17) is 22.9 Å². The molecule has 3 saturated heterocycles. The zero-order chi connectivity index (χ0) is 99.4. The Hall–Kier alpha value is -13.7. The number of aliphatic carboxylic acids is 2. The Bertz CT molecular complexity index is 5120. The molecule has 17 amide bonds. The number of rotatable bonds is 27. The first-order chi connectivity index (χ1) is 64.1. The number of nitrogens with zero attached hydrogens (tertiary/aromatic N) is 6. The number of carboxylic acid groups (broad SMARTS) is 2. The minimum atomic E-state index is -1.85. The largest absolute Gasteiger partial charge is 0.508 e. The molecule has 3 aliphatic rings. The Kier molecular flexibility index (Phi) is 39.8. The smallest absolute Gasteiger partial charge is 0.323 e. The van der Waals surface area contributed by atoms with Crippen LogP contribution in [0.25, 0.3) is 21.8 Å². The van der Waals surface area contributed by atoms with Gasteiger partial charge in [-0.1, -0.05) is 102 Å². The highest BCUT2D eigenvalue weighted by molar-refractivity contribution is 6.03. The second kappa shape index (κ2) is 50.4. The van der Waals surface area contributed by atoms with E-state index in [9.17, 15) is 78.0 Å². The number of carbonyl (C=O) groups is 19. The Morgan fingerprint density at radius 1 is 0.541 bits per heavy atom. The van der Waals surface area contributed by atoms with Crippen LogP contribution in [0.4, 0.5) is 0 Å². The van der Waals surface area contributed by atoms with Gasteiger partial charge in [0.15, 0.2) is 0 Å². The molecule has 0 bridgehead atoms. The van der Waals surface area contributed by atoms with Crippen LogP contribution in [0, 0.1) is 5.92 Å². The van der Waals surface area contributed by atoms with Gasteiger partial charge in [0.2, 0.25) is 100 Å². The quantitative estimate of drug-likeness (QED) is 0.0235. The Morgan fingerprint density at radius 2 is 1.10 bits per heavy atom. The zero-order valence-electron chi connectivity index (χ0n) is 77.0. The number of benzene rings is 3. The molecule has 15 atom stereocenters. The third kappa shape index (κ3) is 29.7. The van der Waals surface area contributed by atoms with E-state index in [1.165, 1.54) is 63.1 Å². The van der Waals surface area contributed by atoms with E-state index in [0.717, 1.165) is 24.5 Å². The number of carboxylic acids is 2. The van der Waals surface area contributed by atoms with E-state index in [2.05, 4.69) is 63.5 Å². The minimum Gasteiger partial charge on any atom is -0.508 e. The summed E-state index contributed by atoms with van der Waals surface area (Å²) in [6.45, 7) is 3.97. The van der Waals surface area contributed by atoms with E-state index in [1.807, 2.05) is 13.8 Å². The van der Waals surface area contributed by atoms with E-state index < -0.39 is 274 Å². The van der Waals surface area contributed by atoms with Crippen LogP contribution in [-0.2, 0) is 117 Å².